The van der Waals surface area contributed by atoms with Crippen LogP contribution in [-0.4, -0.2) is 35.5 Å². The van der Waals surface area contributed by atoms with Crippen molar-refractivity contribution in [3.63, 3.8) is 0 Å². The summed E-state index contributed by atoms with van der Waals surface area (Å²) in [4.78, 5) is 13.7. The Kier molecular flexibility index (Phi) is 4.27. The topological polar surface area (TPSA) is 55.6 Å². The highest BCUT2D eigenvalue weighted by Crippen LogP contribution is 2.27. The van der Waals surface area contributed by atoms with Gasteiger partial charge in [-0.1, -0.05) is 29.9 Å². The van der Waals surface area contributed by atoms with Gasteiger partial charge in [0, 0.05) is 13.1 Å². The molecule has 0 spiro atoms. The van der Waals surface area contributed by atoms with Crippen molar-refractivity contribution in [3.8, 4) is 5.75 Å². The predicted octanol–water partition coefficient (Wildman–Crippen LogP) is 1.97. The predicted molar refractivity (Wildman–Crippen MR) is 78.6 cm³/mol. The molecule has 0 radical (unpaired) electrons. The number of nitrogens with zero attached hydrogens (tertiary/aromatic N) is 1. The normalized spacial score (nSPS) is 14.0. The molecule has 1 aromatic carbocycles. The minimum absolute atomic E-state index is 0.0387. The Bertz CT molecular complexity index is 517. The highest BCUT2D eigenvalue weighted by atomic mass is 35.5. The monoisotopic (exact) mass is 298 g/mol. The number of nitrogens with two attached hydrogens (primary N) is 1. The molecular weight excluding hydrogens is 284 g/mol. The maximum atomic E-state index is 11.9. The van der Waals surface area contributed by atoms with E-state index >= 15 is 0 Å². The van der Waals surface area contributed by atoms with Gasteiger partial charge in [0.05, 0.1) is 10.6 Å². The molecule has 0 aliphatic heterocycles. The molecule has 102 valence electrons. The van der Waals surface area contributed by atoms with E-state index in [4.69, 9.17) is 34.3 Å². The number of hydrogen-bond acceptors (Lipinski definition) is 3. The summed E-state index contributed by atoms with van der Waals surface area (Å²) >= 11 is 11.0. The second kappa shape index (κ2) is 5.75. The van der Waals surface area contributed by atoms with Gasteiger partial charge in [0.1, 0.15) is 10.7 Å². The lowest BCUT2D eigenvalue weighted by molar-refractivity contribution is -0.132. The van der Waals surface area contributed by atoms with E-state index in [0.29, 0.717) is 22.4 Å². The van der Waals surface area contributed by atoms with Gasteiger partial charge in [-0.15, -0.1) is 0 Å². The quantitative estimate of drug-likeness (QED) is 0.845. The highest BCUT2D eigenvalue weighted by molar-refractivity contribution is 7.80. The lowest BCUT2D eigenvalue weighted by atomic mass is 10.2. The van der Waals surface area contributed by atoms with Crippen molar-refractivity contribution in [3.05, 3.63) is 28.8 Å². The summed E-state index contributed by atoms with van der Waals surface area (Å²) in [6.07, 6.45) is 2.13. The number of rotatable bonds is 5. The number of ether oxygens (including phenoxy) is 1. The first-order chi connectivity index (χ1) is 9.00. The fraction of sp³-hybridized carbons (Fsp3) is 0.385. The van der Waals surface area contributed by atoms with Crippen LogP contribution in [0.2, 0.25) is 5.02 Å². The summed E-state index contributed by atoms with van der Waals surface area (Å²) in [5.41, 5.74) is 6.08. The highest BCUT2D eigenvalue weighted by Gasteiger charge is 2.29. The molecular formula is C13H15ClN2O2S. The second-order valence-electron chi connectivity index (χ2n) is 4.50. The summed E-state index contributed by atoms with van der Waals surface area (Å²) in [5, 5.41) is 0.424. The van der Waals surface area contributed by atoms with Gasteiger partial charge in [0.25, 0.3) is 5.91 Å². The van der Waals surface area contributed by atoms with E-state index in [1.54, 1.807) is 30.1 Å². The molecule has 1 saturated carbocycles. The van der Waals surface area contributed by atoms with Crippen molar-refractivity contribution in [2.45, 2.75) is 18.9 Å². The Morgan fingerprint density at radius 3 is 2.84 bits per heavy atom. The Morgan fingerprint density at radius 2 is 2.26 bits per heavy atom. The Balaban J connectivity index is 2.05. The van der Waals surface area contributed by atoms with Crippen LogP contribution in [0.1, 0.15) is 18.4 Å². The first-order valence-electron chi connectivity index (χ1n) is 5.97. The van der Waals surface area contributed by atoms with E-state index in [2.05, 4.69) is 0 Å². The first kappa shape index (κ1) is 14.1. The van der Waals surface area contributed by atoms with Gasteiger partial charge in [-0.25, -0.2) is 0 Å². The van der Waals surface area contributed by atoms with Crippen molar-refractivity contribution in [1.82, 2.24) is 4.90 Å². The number of amides is 1. The molecule has 0 saturated heterocycles. The molecule has 0 unspecified atom stereocenters. The van der Waals surface area contributed by atoms with E-state index in [1.807, 2.05) is 0 Å². The zero-order valence-corrected chi connectivity index (χ0v) is 12.1. The number of benzene rings is 1. The van der Waals surface area contributed by atoms with Gasteiger partial charge < -0.3 is 15.4 Å². The van der Waals surface area contributed by atoms with Crippen molar-refractivity contribution in [1.29, 1.82) is 0 Å². The van der Waals surface area contributed by atoms with E-state index in [1.165, 1.54) is 0 Å². The van der Waals surface area contributed by atoms with E-state index in [9.17, 15) is 4.79 Å². The summed E-state index contributed by atoms with van der Waals surface area (Å²) in [6.45, 7) is -0.0387. The second-order valence-corrected chi connectivity index (χ2v) is 5.35. The molecule has 1 aliphatic rings. The molecule has 6 heteroatoms. The van der Waals surface area contributed by atoms with Crippen molar-refractivity contribution >= 4 is 34.7 Å². The van der Waals surface area contributed by atoms with Crippen LogP contribution in [0.5, 0.6) is 5.75 Å². The molecule has 1 aromatic rings. The number of likely N-dealkylation sites (N-methyl/N-ethyl adjacent to an activating group) is 1. The Morgan fingerprint density at radius 1 is 1.58 bits per heavy atom. The van der Waals surface area contributed by atoms with Gasteiger partial charge in [-0.3, -0.25) is 4.79 Å². The van der Waals surface area contributed by atoms with Crippen LogP contribution in [0.25, 0.3) is 0 Å². The SMILES string of the molecule is CN(C(=O)COc1cccc(Cl)c1C(N)=S)C1CC1. The largest absolute Gasteiger partial charge is 0.483 e. The zero-order valence-electron chi connectivity index (χ0n) is 10.6. The van der Waals surface area contributed by atoms with Crippen LogP contribution in [0, 0.1) is 0 Å². The summed E-state index contributed by atoms with van der Waals surface area (Å²) < 4.78 is 5.50. The van der Waals surface area contributed by atoms with Crippen LogP contribution in [0.15, 0.2) is 18.2 Å². The molecule has 1 amide bonds. The molecule has 19 heavy (non-hydrogen) atoms. The molecule has 0 heterocycles. The average molecular weight is 299 g/mol. The van der Waals surface area contributed by atoms with E-state index in [0.717, 1.165) is 12.8 Å². The van der Waals surface area contributed by atoms with Crippen LogP contribution in [0.4, 0.5) is 0 Å². The molecule has 2 rings (SSSR count). The lowest BCUT2D eigenvalue weighted by Gasteiger charge is -2.17. The van der Waals surface area contributed by atoms with Gasteiger partial charge in [-0.2, -0.15) is 0 Å². The number of hydrogen-bond donors (Lipinski definition) is 1. The first-order valence-corrected chi connectivity index (χ1v) is 6.76. The van der Waals surface area contributed by atoms with E-state index < -0.39 is 0 Å². The maximum Gasteiger partial charge on any atom is 0.260 e. The standard InChI is InChI=1S/C13H15ClN2O2S/c1-16(8-5-6-8)11(17)7-18-10-4-2-3-9(14)12(10)13(15)19/h2-4,8H,5-7H2,1H3,(H2,15,19). The maximum absolute atomic E-state index is 11.9. The number of halogens is 1. The van der Waals surface area contributed by atoms with Crippen molar-refractivity contribution in [2.75, 3.05) is 13.7 Å². The Labute approximate surface area is 122 Å². The molecule has 0 bridgehead atoms. The molecule has 0 aromatic heterocycles. The van der Waals surface area contributed by atoms with Crippen molar-refractivity contribution < 1.29 is 9.53 Å². The summed E-state index contributed by atoms with van der Waals surface area (Å²) in [5.74, 6) is 0.383. The molecule has 1 aliphatic carbocycles. The third-order valence-electron chi connectivity index (χ3n) is 3.06. The van der Waals surface area contributed by atoms with Gasteiger partial charge in [0.15, 0.2) is 6.61 Å². The van der Waals surface area contributed by atoms with Gasteiger partial charge in [0.2, 0.25) is 0 Å². The number of thiocarbonyl (C=S) groups is 1. The van der Waals surface area contributed by atoms with Crippen molar-refractivity contribution in [2.24, 2.45) is 5.73 Å². The average Bonchev–Trinajstić information content (AvgIpc) is 3.18. The minimum Gasteiger partial charge on any atom is -0.483 e. The fourth-order valence-corrected chi connectivity index (χ4v) is 2.30. The fourth-order valence-electron chi connectivity index (χ4n) is 1.77. The van der Waals surface area contributed by atoms with Crippen LogP contribution in [0.3, 0.4) is 0 Å². The minimum atomic E-state index is -0.0589. The summed E-state index contributed by atoms with van der Waals surface area (Å²) in [7, 11) is 1.79. The summed E-state index contributed by atoms with van der Waals surface area (Å²) in [6, 6.07) is 5.48. The number of carbonyl (C=O) groups excluding carboxylic acids is 1. The Hall–Kier alpha value is -1.33. The van der Waals surface area contributed by atoms with Gasteiger partial charge in [-0.05, 0) is 25.0 Å². The molecule has 0 atom stereocenters. The molecule has 4 nitrogen and oxygen atoms in total. The van der Waals surface area contributed by atoms with Crippen LogP contribution < -0.4 is 10.5 Å². The zero-order chi connectivity index (χ0) is 14.0. The third kappa shape index (κ3) is 3.36. The number of carbonyl (C=O) groups is 1. The van der Waals surface area contributed by atoms with Gasteiger partial charge >= 0.3 is 0 Å². The van der Waals surface area contributed by atoms with E-state index in [-0.39, 0.29) is 17.5 Å². The van der Waals surface area contributed by atoms with Crippen LogP contribution >= 0.6 is 23.8 Å². The van der Waals surface area contributed by atoms with Crippen LogP contribution in [-0.2, 0) is 4.79 Å². The lowest BCUT2D eigenvalue weighted by Crippen LogP contribution is -2.33. The third-order valence-corrected chi connectivity index (χ3v) is 3.58. The molecule has 2 N–H and O–H groups in total. The molecule has 1 fully saturated rings. The smallest absolute Gasteiger partial charge is 0.260 e.